The fourth-order valence-corrected chi connectivity index (χ4v) is 3.75. The van der Waals surface area contributed by atoms with Crippen molar-refractivity contribution >= 4 is 11.6 Å². The second-order valence-electron chi connectivity index (χ2n) is 7.64. The highest BCUT2D eigenvalue weighted by molar-refractivity contribution is 6.01. The SMILES string of the molecule is CCC(C)N1C(=O)c2ccccc2NC1c1ccc(OCCOc2ccccc2)cc1. The Bertz CT molecular complexity index is 1000. The van der Waals surface area contributed by atoms with Crippen LogP contribution in [0.1, 0.15) is 42.4 Å². The third-order valence-electron chi connectivity index (χ3n) is 5.59. The van der Waals surface area contributed by atoms with Crippen molar-refractivity contribution in [2.24, 2.45) is 0 Å². The predicted molar refractivity (Wildman–Crippen MR) is 123 cm³/mol. The molecule has 3 aromatic carbocycles. The first-order chi connectivity index (χ1) is 15.2. The molecule has 0 fully saturated rings. The van der Waals surface area contributed by atoms with Gasteiger partial charge in [-0.3, -0.25) is 4.79 Å². The quantitative estimate of drug-likeness (QED) is 0.492. The van der Waals surface area contributed by atoms with Gasteiger partial charge < -0.3 is 19.7 Å². The molecule has 0 radical (unpaired) electrons. The van der Waals surface area contributed by atoms with Gasteiger partial charge in [-0.25, -0.2) is 0 Å². The van der Waals surface area contributed by atoms with Gasteiger partial charge in [0.15, 0.2) is 0 Å². The number of carbonyl (C=O) groups excluding carboxylic acids is 1. The van der Waals surface area contributed by atoms with Crippen LogP contribution >= 0.6 is 0 Å². The van der Waals surface area contributed by atoms with Gasteiger partial charge in [0.1, 0.15) is 30.9 Å². The van der Waals surface area contributed by atoms with Crippen LogP contribution < -0.4 is 14.8 Å². The zero-order valence-corrected chi connectivity index (χ0v) is 18.0. The molecule has 5 heteroatoms. The molecule has 1 N–H and O–H groups in total. The van der Waals surface area contributed by atoms with Gasteiger partial charge in [0.25, 0.3) is 5.91 Å². The molecule has 5 nitrogen and oxygen atoms in total. The van der Waals surface area contributed by atoms with Crippen LogP contribution in [0.25, 0.3) is 0 Å². The second kappa shape index (κ2) is 9.56. The van der Waals surface area contributed by atoms with Gasteiger partial charge in [0, 0.05) is 11.7 Å². The van der Waals surface area contributed by atoms with E-state index in [2.05, 4.69) is 19.2 Å². The smallest absolute Gasteiger partial charge is 0.258 e. The average molecular weight is 417 g/mol. The standard InChI is InChI=1S/C26H28N2O3/c1-3-19(2)28-25(27-24-12-8-7-11-23(24)26(28)29)20-13-15-22(16-14-20)31-18-17-30-21-9-5-4-6-10-21/h4-16,19,25,27H,3,17-18H2,1-2H3. The lowest BCUT2D eigenvalue weighted by atomic mass is 10.0. The van der Waals surface area contributed by atoms with E-state index in [4.69, 9.17) is 9.47 Å². The van der Waals surface area contributed by atoms with E-state index in [0.29, 0.717) is 13.2 Å². The summed E-state index contributed by atoms with van der Waals surface area (Å²) in [6.07, 6.45) is 0.669. The zero-order chi connectivity index (χ0) is 21.6. The summed E-state index contributed by atoms with van der Waals surface area (Å²) in [5.74, 6) is 1.67. The number of hydrogen-bond donors (Lipinski definition) is 1. The van der Waals surface area contributed by atoms with Crippen LogP contribution in [0.2, 0.25) is 0 Å². The highest BCUT2D eigenvalue weighted by Crippen LogP contribution is 2.35. The van der Waals surface area contributed by atoms with Gasteiger partial charge >= 0.3 is 0 Å². The number of nitrogens with zero attached hydrogens (tertiary/aromatic N) is 1. The second-order valence-corrected chi connectivity index (χ2v) is 7.64. The topological polar surface area (TPSA) is 50.8 Å². The molecule has 4 rings (SSSR count). The Balaban J connectivity index is 1.43. The van der Waals surface area contributed by atoms with Crippen molar-refractivity contribution in [1.82, 2.24) is 4.90 Å². The maximum absolute atomic E-state index is 13.2. The van der Waals surface area contributed by atoms with Crippen molar-refractivity contribution in [1.29, 1.82) is 0 Å². The van der Waals surface area contributed by atoms with E-state index in [0.717, 1.165) is 34.7 Å². The first-order valence-electron chi connectivity index (χ1n) is 10.8. The van der Waals surface area contributed by atoms with Crippen LogP contribution in [0.5, 0.6) is 11.5 Å². The summed E-state index contributed by atoms with van der Waals surface area (Å²) in [7, 11) is 0. The molecule has 0 bridgehead atoms. The fourth-order valence-electron chi connectivity index (χ4n) is 3.75. The Morgan fingerprint density at radius 1 is 0.871 bits per heavy atom. The van der Waals surface area contributed by atoms with E-state index in [1.165, 1.54) is 0 Å². The number of anilines is 1. The highest BCUT2D eigenvalue weighted by Gasteiger charge is 2.35. The largest absolute Gasteiger partial charge is 0.490 e. The summed E-state index contributed by atoms with van der Waals surface area (Å²) in [4.78, 5) is 15.1. The molecular formula is C26H28N2O3. The molecule has 0 saturated carbocycles. The first kappa shape index (κ1) is 20.8. The van der Waals surface area contributed by atoms with Gasteiger partial charge in [-0.2, -0.15) is 0 Å². The molecule has 1 amide bonds. The molecule has 0 saturated heterocycles. The van der Waals surface area contributed by atoms with E-state index in [1.807, 2.05) is 83.8 Å². The molecular weight excluding hydrogens is 388 g/mol. The molecule has 0 aliphatic carbocycles. The minimum atomic E-state index is -0.215. The van der Waals surface area contributed by atoms with Crippen LogP contribution in [-0.2, 0) is 0 Å². The van der Waals surface area contributed by atoms with E-state index < -0.39 is 0 Å². The summed E-state index contributed by atoms with van der Waals surface area (Å²) in [5.41, 5.74) is 2.61. The molecule has 1 aliphatic heterocycles. The number of hydrogen-bond acceptors (Lipinski definition) is 4. The van der Waals surface area contributed by atoms with Crippen molar-refractivity contribution < 1.29 is 14.3 Å². The fraction of sp³-hybridized carbons (Fsp3) is 0.269. The van der Waals surface area contributed by atoms with Gasteiger partial charge in [-0.05, 0) is 55.3 Å². The lowest BCUT2D eigenvalue weighted by molar-refractivity contribution is 0.0593. The summed E-state index contributed by atoms with van der Waals surface area (Å²) in [6.45, 7) is 5.12. The lowest BCUT2D eigenvalue weighted by Crippen LogP contribution is -2.47. The number of rotatable bonds is 8. The van der Waals surface area contributed by atoms with Crippen molar-refractivity contribution in [3.8, 4) is 11.5 Å². The Morgan fingerprint density at radius 2 is 1.48 bits per heavy atom. The van der Waals surface area contributed by atoms with Gasteiger partial charge in [0.2, 0.25) is 0 Å². The van der Waals surface area contributed by atoms with E-state index >= 15 is 0 Å². The third kappa shape index (κ3) is 4.66. The number of nitrogens with one attached hydrogen (secondary N) is 1. The maximum atomic E-state index is 13.2. The molecule has 0 aromatic heterocycles. The highest BCUT2D eigenvalue weighted by atomic mass is 16.5. The van der Waals surface area contributed by atoms with Crippen LogP contribution in [0.15, 0.2) is 78.9 Å². The Hall–Kier alpha value is -3.47. The van der Waals surface area contributed by atoms with Crippen molar-refractivity contribution in [3.05, 3.63) is 90.0 Å². The molecule has 2 atom stereocenters. The predicted octanol–water partition coefficient (Wildman–Crippen LogP) is 5.51. The van der Waals surface area contributed by atoms with Gasteiger partial charge in [0.05, 0.1) is 5.56 Å². The van der Waals surface area contributed by atoms with Crippen molar-refractivity contribution in [2.75, 3.05) is 18.5 Å². The minimum absolute atomic E-state index is 0.0621. The number of carbonyl (C=O) groups is 1. The Labute approximate surface area is 183 Å². The minimum Gasteiger partial charge on any atom is -0.490 e. The molecule has 160 valence electrons. The normalized spacial score (nSPS) is 16.3. The lowest BCUT2D eigenvalue weighted by Gasteiger charge is -2.41. The third-order valence-corrected chi connectivity index (χ3v) is 5.59. The van der Waals surface area contributed by atoms with Crippen molar-refractivity contribution in [2.45, 2.75) is 32.5 Å². The van der Waals surface area contributed by atoms with Gasteiger partial charge in [-0.15, -0.1) is 0 Å². The van der Waals surface area contributed by atoms with Crippen LogP contribution in [0.4, 0.5) is 5.69 Å². The molecule has 1 heterocycles. The van der Waals surface area contributed by atoms with E-state index in [9.17, 15) is 4.79 Å². The summed E-state index contributed by atoms with van der Waals surface area (Å²) < 4.78 is 11.5. The van der Waals surface area contributed by atoms with E-state index in [1.54, 1.807) is 0 Å². The van der Waals surface area contributed by atoms with Crippen molar-refractivity contribution in [3.63, 3.8) is 0 Å². The number of amides is 1. The Kier molecular flexibility index (Phi) is 6.41. The molecule has 0 spiro atoms. The summed E-state index contributed by atoms with van der Waals surface area (Å²) in [5, 5.41) is 3.54. The summed E-state index contributed by atoms with van der Waals surface area (Å²) >= 11 is 0. The number of para-hydroxylation sites is 2. The summed E-state index contributed by atoms with van der Waals surface area (Å²) in [6, 6.07) is 25.4. The number of fused-ring (bicyclic) bond motifs is 1. The number of ether oxygens (including phenoxy) is 2. The van der Waals surface area contributed by atoms with Crippen LogP contribution in [0, 0.1) is 0 Å². The molecule has 1 aliphatic rings. The maximum Gasteiger partial charge on any atom is 0.258 e. The molecule has 2 unspecified atom stereocenters. The van der Waals surface area contributed by atoms with E-state index in [-0.39, 0.29) is 18.1 Å². The van der Waals surface area contributed by atoms with Crippen LogP contribution in [-0.4, -0.2) is 30.1 Å². The Morgan fingerprint density at radius 3 is 2.16 bits per heavy atom. The zero-order valence-electron chi connectivity index (χ0n) is 18.0. The molecule has 3 aromatic rings. The van der Waals surface area contributed by atoms with Crippen LogP contribution in [0.3, 0.4) is 0 Å². The average Bonchev–Trinajstić information content (AvgIpc) is 2.82. The van der Waals surface area contributed by atoms with Gasteiger partial charge in [-0.1, -0.05) is 49.4 Å². The monoisotopic (exact) mass is 416 g/mol. The number of benzene rings is 3. The molecule has 31 heavy (non-hydrogen) atoms. The first-order valence-corrected chi connectivity index (χ1v) is 10.8.